The molecule has 0 aliphatic carbocycles. The van der Waals surface area contributed by atoms with Gasteiger partial charge in [0.25, 0.3) is 5.91 Å². The van der Waals surface area contributed by atoms with Crippen molar-refractivity contribution in [3.63, 3.8) is 0 Å². The summed E-state index contributed by atoms with van der Waals surface area (Å²) in [5.74, 6) is -2.04. The Morgan fingerprint density at radius 1 is 1.42 bits per heavy atom. The molecule has 0 spiro atoms. The van der Waals surface area contributed by atoms with Crippen molar-refractivity contribution in [3.05, 3.63) is 23.8 Å². The van der Waals surface area contributed by atoms with Crippen LogP contribution in [0.25, 0.3) is 0 Å². The van der Waals surface area contributed by atoms with E-state index >= 15 is 0 Å². The topological polar surface area (TPSA) is 116 Å². The number of methoxy groups -OCH3 is 1. The maximum Gasteiger partial charge on any atom is 0.337 e. The van der Waals surface area contributed by atoms with Crippen molar-refractivity contribution in [1.29, 1.82) is 0 Å². The van der Waals surface area contributed by atoms with Crippen LogP contribution in [-0.4, -0.2) is 46.5 Å². The maximum atomic E-state index is 11.7. The van der Waals surface area contributed by atoms with E-state index in [1.807, 2.05) is 0 Å². The highest BCUT2D eigenvalue weighted by atomic mass is 16.5. The lowest BCUT2D eigenvalue weighted by atomic mass is 10.1. The molecule has 19 heavy (non-hydrogen) atoms. The van der Waals surface area contributed by atoms with Gasteiger partial charge in [0.15, 0.2) is 17.1 Å². The van der Waals surface area contributed by atoms with E-state index in [1.165, 1.54) is 25.3 Å². The molecule has 0 radical (unpaired) electrons. The third-order valence-electron chi connectivity index (χ3n) is 2.49. The number of hydrogen-bond acceptors (Lipinski definition) is 5. The molecule has 7 heteroatoms. The van der Waals surface area contributed by atoms with Crippen molar-refractivity contribution in [2.45, 2.75) is 12.5 Å². The zero-order valence-electron chi connectivity index (χ0n) is 10.5. The Hall–Kier alpha value is -2.28. The van der Waals surface area contributed by atoms with Crippen LogP contribution in [0, 0.1) is 0 Å². The van der Waals surface area contributed by atoms with Gasteiger partial charge < -0.3 is 25.4 Å². The second-order valence-electron chi connectivity index (χ2n) is 4.15. The minimum atomic E-state index is -2.05. The largest absolute Gasteiger partial charge is 0.504 e. The van der Waals surface area contributed by atoms with Crippen molar-refractivity contribution in [3.8, 4) is 11.5 Å². The van der Waals surface area contributed by atoms with Gasteiger partial charge in [-0.25, -0.2) is 4.79 Å². The molecule has 1 atom stereocenters. The molecular formula is C12H15NO6. The Morgan fingerprint density at radius 3 is 2.53 bits per heavy atom. The molecule has 0 bridgehead atoms. The number of ether oxygens (including phenoxy) is 1. The van der Waals surface area contributed by atoms with E-state index in [1.54, 1.807) is 0 Å². The SMILES string of the molecule is COc1ccc(C(=O)NCC(C)(O)C(=O)O)cc1O. The van der Waals surface area contributed by atoms with Gasteiger partial charge in [-0.3, -0.25) is 4.79 Å². The van der Waals surface area contributed by atoms with Crippen molar-refractivity contribution >= 4 is 11.9 Å². The van der Waals surface area contributed by atoms with E-state index < -0.39 is 24.0 Å². The molecular weight excluding hydrogens is 254 g/mol. The molecule has 0 fully saturated rings. The molecule has 0 aliphatic heterocycles. The molecule has 1 rings (SSSR count). The molecule has 0 saturated heterocycles. The molecule has 104 valence electrons. The fourth-order valence-electron chi connectivity index (χ4n) is 1.26. The average molecular weight is 269 g/mol. The molecule has 1 aromatic rings. The lowest BCUT2D eigenvalue weighted by Gasteiger charge is -2.18. The number of phenolic OH excluding ortho intramolecular Hbond substituents is 1. The minimum Gasteiger partial charge on any atom is -0.504 e. The summed E-state index contributed by atoms with van der Waals surface area (Å²) in [5.41, 5.74) is -1.93. The standard InChI is InChI=1S/C12H15NO6/c1-12(18,11(16)17)6-13-10(15)7-3-4-9(19-2)8(14)5-7/h3-5,14,18H,6H2,1-2H3,(H,13,15)(H,16,17). The van der Waals surface area contributed by atoms with Crippen LogP contribution >= 0.6 is 0 Å². The van der Waals surface area contributed by atoms with Gasteiger partial charge in [-0.2, -0.15) is 0 Å². The first-order valence-electron chi connectivity index (χ1n) is 5.39. The number of carboxylic acids is 1. The molecule has 0 heterocycles. The number of hydrogen-bond donors (Lipinski definition) is 4. The number of benzene rings is 1. The molecule has 1 amide bonds. The number of rotatable bonds is 5. The Kier molecular flexibility index (Phi) is 4.34. The summed E-state index contributed by atoms with van der Waals surface area (Å²) in [4.78, 5) is 22.3. The third kappa shape index (κ3) is 3.59. The van der Waals surface area contributed by atoms with E-state index in [4.69, 9.17) is 9.84 Å². The second kappa shape index (κ2) is 5.57. The molecule has 7 nitrogen and oxygen atoms in total. The lowest BCUT2D eigenvalue weighted by Crippen LogP contribution is -2.46. The van der Waals surface area contributed by atoms with Crippen LogP contribution in [0.1, 0.15) is 17.3 Å². The second-order valence-corrected chi connectivity index (χ2v) is 4.15. The summed E-state index contributed by atoms with van der Waals surface area (Å²) in [6, 6.07) is 3.99. The van der Waals surface area contributed by atoms with Gasteiger partial charge in [0.05, 0.1) is 13.7 Å². The van der Waals surface area contributed by atoms with Crippen LogP contribution in [0.15, 0.2) is 18.2 Å². The first kappa shape index (κ1) is 14.8. The number of carbonyl (C=O) groups excluding carboxylic acids is 1. The third-order valence-corrected chi connectivity index (χ3v) is 2.49. The summed E-state index contributed by atoms with van der Waals surface area (Å²) >= 11 is 0. The van der Waals surface area contributed by atoms with E-state index in [9.17, 15) is 19.8 Å². The monoisotopic (exact) mass is 269 g/mol. The van der Waals surface area contributed by atoms with Crippen molar-refractivity contribution in [1.82, 2.24) is 5.32 Å². The lowest BCUT2D eigenvalue weighted by molar-refractivity contribution is -0.155. The fourth-order valence-corrected chi connectivity index (χ4v) is 1.26. The highest BCUT2D eigenvalue weighted by Gasteiger charge is 2.30. The summed E-state index contributed by atoms with van der Waals surface area (Å²) < 4.78 is 4.83. The van der Waals surface area contributed by atoms with Crippen molar-refractivity contribution < 1.29 is 29.6 Å². The van der Waals surface area contributed by atoms with E-state index in [0.29, 0.717) is 0 Å². The van der Waals surface area contributed by atoms with E-state index in [-0.39, 0.29) is 17.1 Å². The van der Waals surface area contributed by atoms with Crippen LogP contribution in [0.4, 0.5) is 0 Å². The number of carboxylic acid groups (broad SMARTS) is 1. The Bertz CT molecular complexity index is 497. The van der Waals surface area contributed by atoms with Gasteiger partial charge in [0, 0.05) is 5.56 Å². The predicted molar refractivity (Wildman–Crippen MR) is 65.3 cm³/mol. The Labute approximate surface area is 109 Å². The number of nitrogens with one attached hydrogen (secondary N) is 1. The zero-order valence-corrected chi connectivity index (χ0v) is 10.5. The number of amides is 1. The normalized spacial score (nSPS) is 13.4. The first-order chi connectivity index (χ1) is 8.77. The van der Waals surface area contributed by atoms with Gasteiger partial charge in [0.1, 0.15) is 0 Å². The molecule has 1 aromatic carbocycles. The van der Waals surface area contributed by atoms with Crippen molar-refractivity contribution in [2.24, 2.45) is 0 Å². The number of aliphatic carboxylic acids is 1. The van der Waals surface area contributed by atoms with Gasteiger partial charge in [0.2, 0.25) is 0 Å². The van der Waals surface area contributed by atoms with Gasteiger partial charge in [-0.05, 0) is 25.1 Å². The number of aromatic hydroxyl groups is 1. The summed E-state index contributed by atoms with van der Waals surface area (Å²) in [7, 11) is 1.37. The molecule has 0 aliphatic rings. The summed E-state index contributed by atoms with van der Waals surface area (Å²) in [6.45, 7) is 0.620. The summed E-state index contributed by atoms with van der Waals surface area (Å²) in [6.07, 6.45) is 0. The predicted octanol–water partition coefficient (Wildman–Crippen LogP) is -0.0338. The van der Waals surface area contributed by atoms with Crippen LogP contribution in [0.2, 0.25) is 0 Å². The van der Waals surface area contributed by atoms with Crippen molar-refractivity contribution in [2.75, 3.05) is 13.7 Å². The quantitative estimate of drug-likeness (QED) is 0.596. The minimum absolute atomic E-state index is 0.125. The van der Waals surface area contributed by atoms with Gasteiger partial charge in [-0.15, -0.1) is 0 Å². The Balaban J connectivity index is 2.74. The van der Waals surface area contributed by atoms with Gasteiger partial charge >= 0.3 is 5.97 Å². The maximum absolute atomic E-state index is 11.7. The van der Waals surface area contributed by atoms with E-state index in [0.717, 1.165) is 6.92 Å². The number of carbonyl (C=O) groups is 2. The van der Waals surface area contributed by atoms with E-state index in [2.05, 4.69) is 5.32 Å². The highest BCUT2D eigenvalue weighted by molar-refractivity contribution is 5.95. The average Bonchev–Trinajstić information content (AvgIpc) is 2.35. The van der Waals surface area contributed by atoms with Crippen LogP contribution in [-0.2, 0) is 4.79 Å². The number of aliphatic hydroxyl groups is 1. The molecule has 0 aromatic heterocycles. The first-order valence-corrected chi connectivity index (χ1v) is 5.39. The number of phenols is 1. The molecule has 1 unspecified atom stereocenters. The van der Waals surface area contributed by atoms with Crippen LogP contribution in [0.5, 0.6) is 11.5 Å². The summed E-state index contributed by atoms with van der Waals surface area (Å²) in [5, 5.41) is 29.9. The fraction of sp³-hybridized carbons (Fsp3) is 0.333. The Morgan fingerprint density at radius 2 is 2.05 bits per heavy atom. The molecule has 4 N–H and O–H groups in total. The molecule has 0 saturated carbocycles. The zero-order chi connectivity index (χ0) is 14.6. The van der Waals surface area contributed by atoms with Crippen LogP contribution < -0.4 is 10.1 Å². The van der Waals surface area contributed by atoms with Crippen LogP contribution in [0.3, 0.4) is 0 Å². The van der Waals surface area contributed by atoms with Gasteiger partial charge in [-0.1, -0.05) is 0 Å². The highest BCUT2D eigenvalue weighted by Crippen LogP contribution is 2.26. The smallest absolute Gasteiger partial charge is 0.337 e.